The summed E-state index contributed by atoms with van der Waals surface area (Å²) in [6.07, 6.45) is 1.81. The molecule has 96 valence electrons. The maximum atomic E-state index is 13.1. The van der Waals surface area contributed by atoms with Crippen molar-refractivity contribution >= 4 is 21.6 Å². The van der Waals surface area contributed by atoms with Gasteiger partial charge in [0.15, 0.2) is 0 Å². The Bertz CT molecular complexity index is 563. The molecule has 2 N–H and O–H groups in total. The summed E-state index contributed by atoms with van der Waals surface area (Å²) in [7, 11) is 0. The van der Waals surface area contributed by atoms with Crippen molar-refractivity contribution in [3.8, 4) is 11.3 Å². The van der Waals surface area contributed by atoms with Gasteiger partial charge in [0, 0.05) is 22.8 Å². The molecule has 2 rings (SSSR count). The van der Waals surface area contributed by atoms with Gasteiger partial charge in [0.1, 0.15) is 11.5 Å². The minimum atomic E-state index is -0.286. The van der Waals surface area contributed by atoms with Gasteiger partial charge in [-0.1, -0.05) is 13.8 Å². The Morgan fingerprint density at radius 3 is 2.78 bits per heavy atom. The van der Waals surface area contributed by atoms with Crippen LogP contribution in [0.1, 0.15) is 13.8 Å². The smallest absolute Gasteiger partial charge is 0.124 e. The van der Waals surface area contributed by atoms with Crippen LogP contribution in [0.5, 0.6) is 0 Å². The number of rotatable bonds is 3. The standard InChI is InChI=1S/C13H15BrFN3/c1-8(2)6-18-7-12(16)13(17-18)10-4-3-9(15)5-11(10)14/h3-5,7-8H,6,16H2,1-2H3. The average molecular weight is 312 g/mol. The number of hydrogen-bond donors (Lipinski definition) is 1. The summed E-state index contributed by atoms with van der Waals surface area (Å²) >= 11 is 3.33. The van der Waals surface area contributed by atoms with Crippen molar-refractivity contribution in [3.05, 3.63) is 34.7 Å². The van der Waals surface area contributed by atoms with E-state index >= 15 is 0 Å². The first kappa shape index (κ1) is 13.1. The van der Waals surface area contributed by atoms with Crippen molar-refractivity contribution in [3.63, 3.8) is 0 Å². The minimum Gasteiger partial charge on any atom is -0.396 e. The van der Waals surface area contributed by atoms with Crippen molar-refractivity contribution in [1.29, 1.82) is 0 Å². The predicted octanol–water partition coefficient (Wildman–Crippen LogP) is 3.69. The van der Waals surface area contributed by atoms with E-state index < -0.39 is 0 Å². The van der Waals surface area contributed by atoms with Gasteiger partial charge in [-0.05, 0) is 40.0 Å². The van der Waals surface area contributed by atoms with E-state index in [0.29, 0.717) is 21.8 Å². The van der Waals surface area contributed by atoms with Gasteiger partial charge in [0.2, 0.25) is 0 Å². The zero-order valence-corrected chi connectivity index (χ0v) is 11.9. The zero-order valence-electron chi connectivity index (χ0n) is 10.3. The van der Waals surface area contributed by atoms with Gasteiger partial charge < -0.3 is 5.73 Å². The molecular weight excluding hydrogens is 297 g/mol. The maximum Gasteiger partial charge on any atom is 0.124 e. The Kier molecular flexibility index (Phi) is 3.71. The monoisotopic (exact) mass is 311 g/mol. The molecule has 3 nitrogen and oxygen atoms in total. The Hall–Kier alpha value is -1.36. The molecule has 2 aromatic rings. The number of nitrogens with two attached hydrogens (primary N) is 1. The third kappa shape index (κ3) is 2.72. The van der Waals surface area contributed by atoms with Crippen molar-refractivity contribution in [2.75, 3.05) is 5.73 Å². The third-order valence-electron chi connectivity index (χ3n) is 2.53. The second-order valence-electron chi connectivity index (χ2n) is 4.67. The summed E-state index contributed by atoms with van der Waals surface area (Å²) in [6, 6.07) is 4.50. The number of aromatic nitrogens is 2. The van der Waals surface area contributed by atoms with E-state index in [1.165, 1.54) is 12.1 Å². The van der Waals surface area contributed by atoms with Gasteiger partial charge in [0.05, 0.1) is 5.69 Å². The molecule has 18 heavy (non-hydrogen) atoms. The van der Waals surface area contributed by atoms with Crippen molar-refractivity contribution in [2.24, 2.45) is 5.92 Å². The SMILES string of the molecule is CC(C)Cn1cc(N)c(-c2ccc(F)cc2Br)n1. The van der Waals surface area contributed by atoms with Gasteiger partial charge in [-0.15, -0.1) is 0 Å². The Balaban J connectivity index is 2.41. The number of anilines is 1. The van der Waals surface area contributed by atoms with Gasteiger partial charge in [-0.25, -0.2) is 4.39 Å². The molecule has 1 aromatic heterocycles. The molecule has 1 heterocycles. The van der Waals surface area contributed by atoms with Gasteiger partial charge in [0.25, 0.3) is 0 Å². The lowest BCUT2D eigenvalue weighted by Crippen LogP contribution is -2.04. The van der Waals surface area contributed by atoms with E-state index in [1.807, 2.05) is 10.9 Å². The molecule has 0 saturated heterocycles. The quantitative estimate of drug-likeness (QED) is 0.939. The van der Waals surface area contributed by atoms with E-state index in [4.69, 9.17) is 5.73 Å². The lowest BCUT2D eigenvalue weighted by molar-refractivity contribution is 0.484. The molecule has 0 spiro atoms. The van der Waals surface area contributed by atoms with Gasteiger partial charge in [-0.2, -0.15) is 5.10 Å². The molecule has 0 unspecified atom stereocenters. The highest BCUT2D eigenvalue weighted by Gasteiger charge is 2.12. The zero-order chi connectivity index (χ0) is 13.3. The van der Waals surface area contributed by atoms with E-state index in [0.717, 1.165) is 12.1 Å². The highest BCUT2D eigenvalue weighted by Crippen LogP contribution is 2.31. The molecule has 0 aliphatic heterocycles. The van der Waals surface area contributed by atoms with E-state index in [1.54, 1.807) is 6.07 Å². The van der Waals surface area contributed by atoms with Crippen LogP contribution in [-0.4, -0.2) is 9.78 Å². The van der Waals surface area contributed by atoms with E-state index in [9.17, 15) is 4.39 Å². The van der Waals surface area contributed by atoms with E-state index in [-0.39, 0.29) is 5.82 Å². The minimum absolute atomic E-state index is 0.286. The van der Waals surface area contributed by atoms with Crippen molar-refractivity contribution in [2.45, 2.75) is 20.4 Å². The molecule has 5 heteroatoms. The summed E-state index contributed by atoms with van der Waals surface area (Å²) in [5, 5.41) is 4.45. The predicted molar refractivity (Wildman–Crippen MR) is 74.6 cm³/mol. The topological polar surface area (TPSA) is 43.8 Å². The van der Waals surface area contributed by atoms with Crippen LogP contribution in [0.15, 0.2) is 28.9 Å². The number of halogens is 2. The van der Waals surface area contributed by atoms with Crippen molar-refractivity contribution < 1.29 is 4.39 Å². The van der Waals surface area contributed by atoms with Crippen LogP contribution in [0.2, 0.25) is 0 Å². The molecule has 0 fully saturated rings. The molecule has 0 bridgehead atoms. The molecular formula is C13H15BrFN3. The number of hydrogen-bond acceptors (Lipinski definition) is 2. The molecule has 0 aliphatic carbocycles. The average Bonchev–Trinajstić information content (AvgIpc) is 2.58. The molecule has 0 amide bonds. The summed E-state index contributed by atoms with van der Waals surface area (Å²) in [4.78, 5) is 0. The van der Waals surface area contributed by atoms with Crippen LogP contribution in [-0.2, 0) is 6.54 Å². The Labute approximate surface area is 114 Å². The molecule has 0 aliphatic rings. The summed E-state index contributed by atoms with van der Waals surface area (Å²) in [5.41, 5.74) is 8.04. The van der Waals surface area contributed by atoms with Gasteiger partial charge in [-0.3, -0.25) is 4.68 Å². The first-order chi connectivity index (χ1) is 8.47. The first-order valence-corrected chi connectivity index (χ1v) is 6.55. The van der Waals surface area contributed by atoms with Crippen LogP contribution in [0.4, 0.5) is 10.1 Å². The summed E-state index contributed by atoms with van der Waals surface area (Å²) in [6.45, 7) is 5.04. The highest BCUT2D eigenvalue weighted by molar-refractivity contribution is 9.10. The lowest BCUT2D eigenvalue weighted by atomic mass is 10.1. The second-order valence-corrected chi connectivity index (χ2v) is 5.53. The van der Waals surface area contributed by atoms with Crippen molar-refractivity contribution in [1.82, 2.24) is 9.78 Å². The first-order valence-electron chi connectivity index (χ1n) is 5.75. The number of nitrogens with zero attached hydrogens (tertiary/aromatic N) is 2. The fraction of sp³-hybridized carbons (Fsp3) is 0.308. The summed E-state index contributed by atoms with van der Waals surface area (Å²) in [5.74, 6) is 0.208. The third-order valence-corrected chi connectivity index (χ3v) is 3.18. The largest absolute Gasteiger partial charge is 0.396 e. The Morgan fingerprint density at radius 1 is 1.44 bits per heavy atom. The fourth-order valence-corrected chi connectivity index (χ4v) is 2.33. The molecule has 0 radical (unpaired) electrons. The number of benzene rings is 1. The normalized spacial score (nSPS) is 11.2. The lowest BCUT2D eigenvalue weighted by Gasteiger charge is -2.04. The molecule has 1 aromatic carbocycles. The van der Waals surface area contributed by atoms with Crippen LogP contribution < -0.4 is 5.73 Å². The second kappa shape index (κ2) is 5.10. The van der Waals surface area contributed by atoms with Crippen LogP contribution in [0, 0.1) is 11.7 Å². The Morgan fingerprint density at radius 2 is 2.17 bits per heavy atom. The van der Waals surface area contributed by atoms with Crippen LogP contribution >= 0.6 is 15.9 Å². The van der Waals surface area contributed by atoms with Crippen LogP contribution in [0.3, 0.4) is 0 Å². The van der Waals surface area contributed by atoms with Crippen LogP contribution in [0.25, 0.3) is 11.3 Å². The number of nitrogen functional groups attached to an aromatic ring is 1. The maximum absolute atomic E-state index is 13.1. The van der Waals surface area contributed by atoms with E-state index in [2.05, 4.69) is 34.9 Å². The highest BCUT2D eigenvalue weighted by atomic mass is 79.9. The molecule has 0 atom stereocenters. The molecule has 0 saturated carbocycles. The summed E-state index contributed by atoms with van der Waals surface area (Å²) < 4.78 is 15.5. The van der Waals surface area contributed by atoms with Gasteiger partial charge >= 0.3 is 0 Å². The fourth-order valence-electron chi connectivity index (χ4n) is 1.80.